The summed E-state index contributed by atoms with van der Waals surface area (Å²) >= 11 is 6.68. The maximum absolute atomic E-state index is 14.2. The molecule has 0 aliphatic heterocycles. The smallest absolute Gasteiger partial charge is 0.128 e. The standard InChI is InChI=1S/C16H15Br2F2N/c1-2-7-21-16(12-8-10(17)3-5-14(12)19)13-9-11(18)4-6-15(13)20/h3-6,8-9,16,21H,2,7H2,1H3. The lowest BCUT2D eigenvalue weighted by atomic mass is 9.97. The summed E-state index contributed by atoms with van der Waals surface area (Å²) in [4.78, 5) is 0. The van der Waals surface area contributed by atoms with E-state index < -0.39 is 6.04 Å². The van der Waals surface area contributed by atoms with Gasteiger partial charge in [0.05, 0.1) is 6.04 Å². The van der Waals surface area contributed by atoms with Crippen molar-refractivity contribution in [2.75, 3.05) is 6.54 Å². The molecule has 112 valence electrons. The summed E-state index contributed by atoms with van der Waals surface area (Å²) in [6.07, 6.45) is 0.877. The maximum atomic E-state index is 14.2. The second-order valence-corrected chi connectivity index (χ2v) is 6.55. The van der Waals surface area contributed by atoms with Gasteiger partial charge in [-0.15, -0.1) is 0 Å². The van der Waals surface area contributed by atoms with Gasteiger partial charge in [0.1, 0.15) is 11.6 Å². The van der Waals surface area contributed by atoms with E-state index in [0.717, 1.165) is 15.4 Å². The molecule has 0 heterocycles. The average Bonchev–Trinajstić information content (AvgIpc) is 2.46. The number of rotatable bonds is 5. The lowest BCUT2D eigenvalue weighted by Gasteiger charge is -2.21. The van der Waals surface area contributed by atoms with Crippen molar-refractivity contribution in [1.29, 1.82) is 0 Å². The average molecular weight is 419 g/mol. The quantitative estimate of drug-likeness (QED) is 0.668. The molecule has 0 bridgehead atoms. The number of benzene rings is 2. The van der Waals surface area contributed by atoms with Crippen molar-refractivity contribution in [3.05, 3.63) is 68.1 Å². The first kappa shape index (κ1) is 16.6. The van der Waals surface area contributed by atoms with E-state index in [4.69, 9.17) is 0 Å². The maximum Gasteiger partial charge on any atom is 0.128 e. The van der Waals surface area contributed by atoms with Crippen molar-refractivity contribution in [3.8, 4) is 0 Å². The number of hydrogen-bond donors (Lipinski definition) is 1. The third kappa shape index (κ3) is 4.11. The Morgan fingerprint density at radius 1 is 0.952 bits per heavy atom. The molecular formula is C16H15Br2F2N. The molecule has 0 unspecified atom stereocenters. The van der Waals surface area contributed by atoms with E-state index in [1.165, 1.54) is 12.1 Å². The molecule has 5 heteroatoms. The fourth-order valence-electron chi connectivity index (χ4n) is 2.15. The molecule has 2 rings (SSSR count). The summed E-state index contributed by atoms with van der Waals surface area (Å²) in [7, 11) is 0. The summed E-state index contributed by atoms with van der Waals surface area (Å²) in [5, 5.41) is 3.22. The first-order valence-electron chi connectivity index (χ1n) is 6.66. The number of halogens is 4. The summed E-state index contributed by atoms with van der Waals surface area (Å²) in [5.41, 5.74) is 0.852. The van der Waals surface area contributed by atoms with Crippen molar-refractivity contribution < 1.29 is 8.78 Å². The highest BCUT2D eigenvalue weighted by Gasteiger charge is 2.21. The van der Waals surface area contributed by atoms with Gasteiger partial charge in [0.2, 0.25) is 0 Å². The second-order valence-electron chi connectivity index (χ2n) is 4.72. The SMILES string of the molecule is CCCNC(c1cc(Br)ccc1F)c1cc(Br)ccc1F. The summed E-state index contributed by atoms with van der Waals surface area (Å²) in [5.74, 6) is -0.711. The molecule has 0 amide bonds. The predicted octanol–water partition coefficient (Wildman–Crippen LogP) is 5.58. The summed E-state index contributed by atoms with van der Waals surface area (Å²) < 4.78 is 29.9. The van der Waals surface area contributed by atoms with Gasteiger partial charge in [-0.05, 0) is 49.4 Å². The molecule has 0 radical (unpaired) electrons. The van der Waals surface area contributed by atoms with Crippen LogP contribution in [0.3, 0.4) is 0 Å². The normalized spacial score (nSPS) is 11.1. The van der Waals surface area contributed by atoms with Crippen LogP contribution in [0, 0.1) is 11.6 Å². The molecule has 2 aromatic carbocycles. The van der Waals surface area contributed by atoms with Crippen LogP contribution in [0.25, 0.3) is 0 Å². The van der Waals surface area contributed by atoms with Crippen LogP contribution in [0.1, 0.15) is 30.5 Å². The van der Waals surface area contributed by atoms with Gasteiger partial charge in [-0.25, -0.2) is 8.78 Å². The van der Waals surface area contributed by atoms with Crippen molar-refractivity contribution in [2.45, 2.75) is 19.4 Å². The molecule has 2 aromatic rings. The van der Waals surface area contributed by atoms with Crippen molar-refractivity contribution in [1.82, 2.24) is 5.32 Å². The molecule has 1 nitrogen and oxygen atoms in total. The molecule has 0 atom stereocenters. The van der Waals surface area contributed by atoms with E-state index in [0.29, 0.717) is 17.7 Å². The first-order chi connectivity index (χ1) is 10.0. The Morgan fingerprint density at radius 3 is 1.86 bits per heavy atom. The Labute approximate surface area is 140 Å². The van der Waals surface area contributed by atoms with Crippen LogP contribution in [0.15, 0.2) is 45.3 Å². The lowest BCUT2D eigenvalue weighted by Crippen LogP contribution is -2.25. The van der Waals surface area contributed by atoms with E-state index in [9.17, 15) is 8.78 Å². The molecule has 21 heavy (non-hydrogen) atoms. The molecule has 0 fully saturated rings. The highest BCUT2D eigenvalue weighted by Crippen LogP contribution is 2.30. The predicted molar refractivity (Wildman–Crippen MR) is 88.3 cm³/mol. The minimum absolute atomic E-state index is 0.355. The highest BCUT2D eigenvalue weighted by molar-refractivity contribution is 9.10. The molecule has 0 aliphatic rings. The highest BCUT2D eigenvalue weighted by atomic mass is 79.9. The van der Waals surface area contributed by atoms with Crippen LogP contribution in [0.2, 0.25) is 0 Å². The summed E-state index contributed by atoms with van der Waals surface area (Å²) in [6.45, 7) is 2.68. The van der Waals surface area contributed by atoms with Crippen molar-refractivity contribution >= 4 is 31.9 Å². The molecule has 0 spiro atoms. The molecule has 0 saturated heterocycles. The van der Waals surface area contributed by atoms with E-state index in [2.05, 4.69) is 37.2 Å². The summed E-state index contributed by atoms with van der Waals surface area (Å²) in [6, 6.07) is 8.87. The molecular weight excluding hydrogens is 404 g/mol. The molecule has 0 aromatic heterocycles. The van der Waals surface area contributed by atoms with Gasteiger partial charge in [0.15, 0.2) is 0 Å². The third-order valence-corrected chi connectivity index (χ3v) is 4.12. The first-order valence-corrected chi connectivity index (χ1v) is 8.24. The zero-order valence-corrected chi connectivity index (χ0v) is 14.6. The van der Waals surface area contributed by atoms with Crippen LogP contribution < -0.4 is 5.32 Å². The van der Waals surface area contributed by atoms with Gasteiger partial charge >= 0.3 is 0 Å². The zero-order valence-electron chi connectivity index (χ0n) is 11.5. The number of nitrogens with one attached hydrogen (secondary N) is 1. The van der Waals surface area contributed by atoms with Gasteiger partial charge in [0, 0.05) is 20.1 Å². The molecule has 1 N–H and O–H groups in total. The second kappa shape index (κ2) is 7.47. The zero-order chi connectivity index (χ0) is 15.4. The van der Waals surface area contributed by atoms with Crippen LogP contribution in [0.5, 0.6) is 0 Å². The Morgan fingerprint density at radius 2 is 1.43 bits per heavy atom. The minimum Gasteiger partial charge on any atom is -0.306 e. The Bertz CT molecular complexity index is 580. The number of hydrogen-bond acceptors (Lipinski definition) is 1. The van der Waals surface area contributed by atoms with Gasteiger partial charge in [0.25, 0.3) is 0 Å². The van der Waals surface area contributed by atoms with Crippen LogP contribution >= 0.6 is 31.9 Å². The van der Waals surface area contributed by atoms with Gasteiger partial charge < -0.3 is 5.32 Å². The minimum atomic E-state index is -0.528. The van der Waals surface area contributed by atoms with E-state index in [-0.39, 0.29) is 11.6 Å². The Balaban J connectivity index is 2.52. The Hall–Kier alpha value is -0.780. The molecule has 0 saturated carbocycles. The van der Waals surface area contributed by atoms with Crippen LogP contribution in [-0.4, -0.2) is 6.54 Å². The van der Waals surface area contributed by atoms with Gasteiger partial charge in [-0.2, -0.15) is 0 Å². The fourth-order valence-corrected chi connectivity index (χ4v) is 2.91. The van der Waals surface area contributed by atoms with Crippen LogP contribution in [-0.2, 0) is 0 Å². The van der Waals surface area contributed by atoms with Gasteiger partial charge in [-0.1, -0.05) is 38.8 Å². The monoisotopic (exact) mass is 417 g/mol. The lowest BCUT2D eigenvalue weighted by molar-refractivity contribution is 0.520. The van der Waals surface area contributed by atoms with Gasteiger partial charge in [-0.3, -0.25) is 0 Å². The van der Waals surface area contributed by atoms with E-state index in [1.807, 2.05) is 6.92 Å². The topological polar surface area (TPSA) is 12.0 Å². The fraction of sp³-hybridized carbons (Fsp3) is 0.250. The molecule has 0 aliphatic carbocycles. The third-order valence-electron chi connectivity index (χ3n) is 3.14. The van der Waals surface area contributed by atoms with E-state index >= 15 is 0 Å². The van der Waals surface area contributed by atoms with Crippen LogP contribution in [0.4, 0.5) is 8.78 Å². The van der Waals surface area contributed by atoms with E-state index in [1.54, 1.807) is 24.3 Å². The van der Waals surface area contributed by atoms with Crippen molar-refractivity contribution in [3.63, 3.8) is 0 Å². The largest absolute Gasteiger partial charge is 0.306 e. The Kier molecular flexibility index (Phi) is 5.90. The van der Waals surface area contributed by atoms with Crippen molar-refractivity contribution in [2.24, 2.45) is 0 Å².